The van der Waals surface area contributed by atoms with Crippen molar-refractivity contribution in [1.82, 2.24) is 10.1 Å². The van der Waals surface area contributed by atoms with Crippen LogP contribution in [0.2, 0.25) is 0 Å². The van der Waals surface area contributed by atoms with E-state index in [-0.39, 0.29) is 12.6 Å². The molecule has 0 fully saturated rings. The van der Waals surface area contributed by atoms with Crippen LogP contribution in [0.25, 0.3) is 11.5 Å². The summed E-state index contributed by atoms with van der Waals surface area (Å²) in [6.07, 6.45) is 0.941. The Kier molecular flexibility index (Phi) is 6.46. The van der Waals surface area contributed by atoms with Gasteiger partial charge >= 0.3 is 0 Å². The van der Waals surface area contributed by atoms with Crippen LogP contribution in [0.4, 0.5) is 5.95 Å². The first-order chi connectivity index (χ1) is 13.7. The van der Waals surface area contributed by atoms with Crippen molar-refractivity contribution in [2.75, 3.05) is 25.6 Å². The van der Waals surface area contributed by atoms with Crippen molar-refractivity contribution < 1.29 is 23.5 Å². The van der Waals surface area contributed by atoms with E-state index in [1.165, 1.54) is 0 Å². The van der Waals surface area contributed by atoms with Gasteiger partial charge in [-0.05, 0) is 60.1 Å². The van der Waals surface area contributed by atoms with E-state index in [1.54, 1.807) is 31.4 Å². The second-order valence-corrected chi connectivity index (χ2v) is 5.81. The maximum atomic E-state index is 12.0. The van der Waals surface area contributed by atoms with Crippen LogP contribution < -0.4 is 19.5 Å². The van der Waals surface area contributed by atoms with Crippen molar-refractivity contribution in [2.24, 2.45) is 0 Å². The van der Waals surface area contributed by atoms with E-state index in [0.717, 1.165) is 17.7 Å². The molecule has 0 spiro atoms. The quantitative estimate of drug-likeness (QED) is 0.603. The van der Waals surface area contributed by atoms with Crippen LogP contribution in [0.15, 0.2) is 53.1 Å². The number of aromatic nitrogens is 2. The SMILES string of the molecule is CCCOc1ccc(-c2nc(NC(=O)COc3ccc(OC)cc3)no2)cc1. The first-order valence-corrected chi connectivity index (χ1v) is 8.81. The molecule has 146 valence electrons. The van der Waals surface area contributed by atoms with E-state index >= 15 is 0 Å². The maximum Gasteiger partial charge on any atom is 0.270 e. The Labute approximate surface area is 162 Å². The molecule has 0 bridgehead atoms. The molecule has 8 nitrogen and oxygen atoms in total. The summed E-state index contributed by atoms with van der Waals surface area (Å²) in [5, 5.41) is 6.30. The van der Waals surface area contributed by atoms with Gasteiger partial charge in [-0.2, -0.15) is 4.98 Å². The molecule has 1 amide bonds. The fourth-order valence-electron chi connectivity index (χ4n) is 2.29. The minimum absolute atomic E-state index is 0.0737. The first kappa shape index (κ1) is 19.2. The van der Waals surface area contributed by atoms with Crippen molar-refractivity contribution in [2.45, 2.75) is 13.3 Å². The van der Waals surface area contributed by atoms with Crippen LogP contribution in [0.1, 0.15) is 13.3 Å². The van der Waals surface area contributed by atoms with Crippen LogP contribution in [-0.4, -0.2) is 36.4 Å². The molecule has 1 N–H and O–H groups in total. The summed E-state index contributed by atoms with van der Waals surface area (Å²) >= 11 is 0. The standard InChI is InChI=1S/C20H21N3O5/c1-3-12-26-16-6-4-14(5-7-16)19-22-20(23-28-19)21-18(24)13-27-17-10-8-15(25-2)9-11-17/h4-11H,3,12-13H2,1-2H3,(H,21,23,24). The predicted octanol–water partition coefficient (Wildman–Crippen LogP) is 3.55. The largest absolute Gasteiger partial charge is 0.497 e. The summed E-state index contributed by atoms with van der Waals surface area (Å²) in [6, 6.07) is 14.2. The number of hydrogen-bond acceptors (Lipinski definition) is 7. The highest BCUT2D eigenvalue weighted by Crippen LogP contribution is 2.22. The third kappa shape index (κ3) is 5.23. The Hall–Kier alpha value is -3.55. The molecule has 1 aromatic heterocycles. The number of ether oxygens (including phenoxy) is 3. The van der Waals surface area contributed by atoms with Crippen LogP contribution in [0.5, 0.6) is 17.2 Å². The van der Waals surface area contributed by atoms with Crippen LogP contribution in [0, 0.1) is 0 Å². The van der Waals surface area contributed by atoms with Crippen LogP contribution in [-0.2, 0) is 4.79 Å². The predicted molar refractivity (Wildman–Crippen MR) is 103 cm³/mol. The van der Waals surface area contributed by atoms with Gasteiger partial charge in [0.25, 0.3) is 17.7 Å². The first-order valence-electron chi connectivity index (χ1n) is 8.81. The highest BCUT2D eigenvalue weighted by atomic mass is 16.5. The van der Waals surface area contributed by atoms with Crippen molar-refractivity contribution >= 4 is 11.9 Å². The van der Waals surface area contributed by atoms with E-state index in [9.17, 15) is 4.79 Å². The highest BCUT2D eigenvalue weighted by molar-refractivity contribution is 5.90. The Morgan fingerprint density at radius 3 is 2.32 bits per heavy atom. The number of carbonyl (C=O) groups is 1. The van der Waals surface area contributed by atoms with Gasteiger partial charge in [0, 0.05) is 5.56 Å². The average Bonchev–Trinajstić information content (AvgIpc) is 3.20. The van der Waals surface area contributed by atoms with Crippen molar-refractivity contribution in [3.8, 4) is 28.7 Å². The number of methoxy groups -OCH3 is 1. The Morgan fingerprint density at radius 2 is 1.64 bits per heavy atom. The van der Waals surface area contributed by atoms with Crippen molar-refractivity contribution in [1.29, 1.82) is 0 Å². The Balaban J connectivity index is 1.52. The lowest BCUT2D eigenvalue weighted by molar-refractivity contribution is -0.118. The number of nitrogens with zero attached hydrogens (tertiary/aromatic N) is 2. The number of rotatable bonds is 9. The van der Waals surface area contributed by atoms with E-state index in [4.69, 9.17) is 18.7 Å². The molecule has 2 aromatic carbocycles. The zero-order valence-corrected chi connectivity index (χ0v) is 15.7. The maximum absolute atomic E-state index is 12.0. The molecule has 0 aliphatic heterocycles. The minimum Gasteiger partial charge on any atom is -0.497 e. The Bertz CT molecular complexity index is 891. The molecular formula is C20H21N3O5. The number of carbonyl (C=O) groups excluding carboxylic acids is 1. The second-order valence-electron chi connectivity index (χ2n) is 5.81. The number of nitrogens with one attached hydrogen (secondary N) is 1. The lowest BCUT2D eigenvalue weighted by Crippen LogP contribution is -2.20. The number of benzene rings is 2. The topological polar surface area (TPSA) is 95.7 Å². The number of hydrogen-bond donors (Lipinski definition) is 1. The van der Waals surface area contributed by atoms with E-state index in [0.29, 0.717) is 24.0 Å². The van der Waals surface area contributed by atoms with Crippen molar-refractivity contribution in [3.63, 3.8) is 0 Å². The van der Waals surface area contributed by atoms with Gasteiger partial charge in [-0.15, -0.1) is 0 Å². The normalized spacial score (nSPS) is 10.4. The fourth-order valence-corrected chi connectivity index (χ4v) is 2.29. The van der Waals surface area contributed by atoms with Gasteiger partial charge in [-0.1, -0.05) is 6.92 Å². The molecule has 0 aliphatic carbocycles. The number of amides is 1. The van der Waals surface area contributed by atoms with E-state index in [1.807, 2.05) is 31.2 Å². The highest BCUT2D eigenvalue weighted by Gasteiger charge is 2.12. The molecule has 3 aromatic rings. The molecule has 28 heavy (non-hydrogen) atoms. The van der Waals surface area contributed by atoms with Gasteiger partial charge in [0.1, 0.15) is 17.2 Å². The summed E-state index contributed by atoms with van der Waals surface area (Å²) in [4.78, 5) is 16.2. The molecule has 0 atom stereocenters. The molecule has 0 saturated carbocycles. The molecule has 0 radical (unpaired) electrons. The summed E-state index contributed by atoms with van der Waals surface area (Å²) in [7, 11) is 1.58. The molecule has 0 unspecified atom stereocenters. The third-order valence-corrected chi connectivity index (χ3v) is 3.68. The average molecular weight is 383 g/mol. The van der Waals surface area contributed by atoms with E-state index < -0.39 is 5.91 Å². The van der Waals surface area contributed by atoms with Gasteiger partial charge in [-0.3, -0.25) is 10.1 Å². The summed E-state index contributed by atoms with van der Waals surface area (Å²) in [5.41, 5.74) is 0.728. The number of anilines is 1. The van der Waals surface area contributed by atoms with Gasteiger partial charge < -0.3 is 18.7 Å². The third-order valence-electron chi connectivity index (χ3n) is 3.68. The monoisotopic (exact) mass is 383 g/mol. The second kappa shape index (κ2) is 9.40. The molecule has 3 rings (SSSR count). The zero-order valence-electron chi connectivity index (χ0n) is 15.7. The Morgan fingerprint density at radius 1 is 1.00 bits per heavy atom. The van der Waals surface area contributed by atoms with Crippen molar-refractivity contribution in [3.05, 3.63) is 48.5 Å². The molecule has 1 heterocycles. The minimum atomic E-state index is -0.397. The van der Waals surface area contributed by atoms with E-state index in [2.05, 4.69) is 15.5 Å². The molecule has 0 aliphatic rings. The van der Waals surface area contributed by atoms with Crippen LogP contribution >= 0.6 is 0 Å². The smallest absolute Gasteiger partial charge is 0.270 e. The van der Waals surface area contributed by atoms with Gasteiger partial charge in [0.15, 0.2) is 6.61 Å². The summed E-state index contributed by atoms with van der Waals surface area (Å²) in [5.74, 6) is 2.01. The summed E-state index contributed by atoms with van der Waals surface area (Å²) in [6.45, 7) is 2.53. The van der Waals surface area contributed by atoms with Crippen LogP contribution in [0.3, 0.4) is 0 Å². The lowest BCUT2D eigenvalue weighted by Gasteiger charge is -2.06. The van der Waals surface area contributed by atoms with Gasteiger partial charge in [0.2, 0.25) is 0 Å². The summed E-state index contributed by atoms with van der Waals surface area (Å²) < 4.78 is 21.2. The zero-order chi connectivity index (χ0) is 19.8. The molecule has 8 heteroatoms. The van der Waals surface area contributed by atoms with Gasteiger partial charge in [-0.25, -0.2) is 0 Å². The molecular weight excluding hydrogens is 362 g/mol. The van der Waals surface area contributed by atoms with Gasteiger partial charge in [0.05, 0.1) is 13.7 Å². The fraction of sp³-hybridized carbons (Fsp3) is 0.250. The molecule has 0 saturated heterocycles. The lowest BCUT2D eigenvalue weighted by atomic mass is 10.2.